The normalized spacial score (nSPS) is 15.7. The molecule has 3 rings (SSSR count). The molecule has 8 heteroatoms. The van der Waals surface area contributed by atoms with Gasteiger partial charge in [-0.2, -0.15) is 0 Å². The highest BCUT2D eigenvalue weighted by Crippen LogP contribution is 2.22. The van der Waals surface area contributed by atoms with Gasteiger partial charge >= 0.3 is 0 Å². The third kappa shape index (κ3) is 6.45. The van der Waals surface area contributed by atoms with Gasteiger partial charge in [0.05, 0.1) is 12.3 Å². The third-order valence-corrected chi connectivity index (χ3v) is 7.24. The van der Waals surface area contributed by atoms with Crippen LogP contribution in [0, 0.1) is 12.8 Å². The number of halogens is 1. The van der Waals surface area contributed by atoms with Gasteiger partial charge in [0.1, 0.15) is 12.4 Å². The summed E-state index contributed by atoms with van der Waals surface area (Å²) in [5, 5.41) is 3.47. The summed E-state index contributed by atoms with van der Waals surface area (Å²) in [5.74, 6) is 0.504. The zero-order valence-electron chi connectivity index (χ0n) is 17.0. The summed E-state index contributed by atoms with van der Waals surface area (Å²) >= 11 is 5.85. The highest BCUT2D eigenvalue weighted by molar-refractivity contribution is 7.88. The number of nitrogens with zero attached hydrogens (tertiary/aromatic N) is 1. The molecule has 1 heterocycles. The van der Waals surface area contributed by atoms with Gasteiger partial charge in [0, 0.05) is 24.0 Å². The fourth-order valence-corrected chi connectivity index (χ4v) is 5.16. The maximum absolute atomic E-state index is 12.7. The van der Waals surface area contributed by atoms with Gasteiger partial charge in [-0.15, -0.1) is 0 Å². The lowest BCUT2D eigenvalue weighted by atomic mass is 9.97. The Morgan fingerprint density at radius 3 is 2.53 bits per heavy atom. The number of carbonyl (C=O) groups is 1. The van der Waals surface area contributed by atoms with Crippen LogP contribution in [0.1, 0.15) is 24.0 Å². The van der Waals surface area contributed by atoms with Crippen molar-refractivity contribution < 1.29 is 17.9 Å². The third-order valence-electron chi connectivity index (χ3n) is 5.14. The van der Waals surface area contributed by atoms with E-state index in [2.05, 4.69) is 5.32 Å². The zero-order chi connectivity index (χ0) is 21.6. The maximum Gasteiger partial charge on any atom is 0.223 e. The van der Waals surface area contributed by atoms with Gasteiger partial charge in [-0.05, 0) is 55.2 Å². The Labute approximate surface area is 183 Å². The van der Waals surface area contributed by atoms with E-state index in [4.69, 9.17) is 16.3 Å². The first kappa shape index (κ1) is 22.6. The molecule has 1 fully saturated rings. The molecule has 0 spiro atoms. The van der Waals surface area contributed by atoms with Crippen LogP contribution in [-0.2, 0) is 20.6 Å². The van der Waals surface area contributed by atoms with E-state index in [-0.39, 0.29) is 17.6 Å². The summed E-state index contributed by atoms with van der Waals surface area (Å²) in [4.78, 5) is 12.4. The number of carbonyl (C=O) groups excluding carboxylic acids is 1. The van der Waals surface area contributed by atoms with Crippen LogP contribution in [0.15, 0.2) is 48.5 Å². The van der Waals surface area contributed by atoms with E-state index in [9.17, 15) is 13.2 Å². The van der Waals surface area contributed by atoms with E-state index in [1.807, 2.05) is 31.2 Å². The zero-order valence-corrected chi connectivity index (χ0v) is 18.6. The second-order valence-corrected chi connectivity index (χ2v) is 9.92. The highest BCUT2D eigenvalue weighted by atomic mass is 35.5. The second kappa shape index (κ2) is 10.3. The average Bonchev–Trinajstić information content (AvgIpc) is 2.73. The maximum atomic E-state index is 12.7. The molecule has 1 N–H and O–H groups in total. The average molecular weight is 451 g/mol. The molecule has 0 unspecified atom stereocenters. The number of hydrogen-bond donors (Lipinski definition) is 1. The number of rotatable bonds is 8. The van der Waals surface area contributed by atoms with Gasteiger partial charge in [0.2, 0.25) is 15.9 Å². The summed E-state index contributed by atoms with van der Waals surface area (Å²) < 4.78 is 32.4. The molecule has 0 radical (unpaired) electrons. The standard InChI is InChI=1S/C22H27ClN2O4S/c1-17-3-2-4-21(15-17)29-14-11-24-22(26)19-9-12-25(13-10-19)30(27,28)16-18-5-7-20(23)8-6-18/h2-8,15,19H,9-14,16H2,1H3,(H,24,26). The molecule has 30 heavy (non-hydrogen) atoms. The van der Waals surface area contributed by atoms with Crippen molar-refractivity contribution in [2.75, 3.05) is 26.2 Å². The Morgan fingerprint density at radius 1 is 1.17 bits per heavy atom. The number of sulfonamides is 1. The van der Waals surface area contributed by atoms with Crippen molar-refractivity contribution in [3.05, 3.63) is 64.7 Å². The topological polar surface area (TPSA) is 75.7 Å². The van der Waals surface area contributed by atoms with Crippen molar-refractivity contribution in [3.8, 4) is 5.75 Å². The Morgan fingerprint density at radius 2 is 1.87 bits per heavy atom. The van der Waals surface area contributed by atoms with Crippen LogP contribution in [-0.4, -0.2) is 44.9 Å². The van der Waals surface area contributed by atoms with Crippen LogP contribution in [0.4, 0.5) is 0 Å². The van der Waals surface area contributed by atoms with Crippen LogP contribution in [0.25, 0.3) is 0 Å². The quantitative estimate of drug-likeness (QED) is 0.625. The molecule has 1 aliphatic heterocycles. The monoisotopic (exact) mass is 450 g/mol. The smallest absolute Gasteiger partial charge is 0.223 e. The lowest BCUT2D eigenvalue weighted by Gasteiger charge is -2.30. The summed E-state index contributed by atoms with van der Waals surface area (Å²) in [6.07, 6.45) is 1.04. The molecule has 6 nitrogen and oxygen atoms in total. The number of ether oxygens (including phenoxy) is 1. The molecule has 1 amide bonds. The van der Waals surface area contributed by atoms with Gasteiger partial charge < -0.3 is 10.1 Å². The SMILES string of the molecule is Cc1cccc(OCCNC(=O)C2CCN(S(=O)(=O)Cc3ccc(Cl)cc3)CC2)c1. The lowest BCUT2D eigenvalue weighted by molar-refractivity contribution is -0.126. The van der Waals surface area contributed by atoms with Gasteiger partial charge in [-0.1, -0.05) is 35.9 Å². The molecule has 0 atom stereocenters. The molecule has 1 saturated heterocycles. The van der Waals surface area contributed by atoms with E-state index >= 15 is 0 Å². The molecule has 0 aliphatic carbocycles. The Kier molecular flexibility index (Phi) is 7.75. The minimum absolute atomic E-state index is 0.0439. The first-order valence-corrected chi connectivity index (χ1v) is 12.0. The van der Waals surface area contributed by atoms with E-state index in [0.29, 0.717) is 49.7 Å². The fraction of sp³-hybridized carbons (Fsp3) is 0.409. The Bertz CT molecular complexity index is 955. The molecule has 0 bridgehead atoms. The molecular formula is C22H27ClN2O4S. The van der Waals surface area contributed by atoms with Crippen molar-refractivity contribution >= 4 is 27.5 Å². The van der Waals surface area contributed by atoms with E-state index in [0.717, 1.165) is 11.3 Å². The van der Waals surface area contributed by atoms with Crippen LogP contribution in [0.5, 0.6) is 5.75 Å². The van der Waals surface area contributed by atoms with Crippen molar-refractivity contribution in [1.29, 1.82) is 0 Å². The van der Waals surface area contributed by atoms with Crippen molar-refractivity contribution in [1.82, 2.24) is 9.62 Å². The minimum Gasteiger partial charge on any atom is -0.492 e. The van der Waals surface area contributed by atoms with Crippen molar-refractivity contribution in [3.63, 3.8) is 0 Å². The Balaban J connectivity index is 1.40. The highest BCUT2D eigenvalue weighted by Gasteiger charge is 2.31. The molecule has 2 aromatic rings. The van der Waals surface area contributed by atoms with E-state index < -0.39 is 10.0 Å². The van der Waals surface area contributed by atoms with Gasteiger partial charge in [-0.3, -0.25) is 4.79 Å². The number of hydrogen-bond acceptors (Lipinski definition) is 4. The number of aryl methyl sites for hydroxylation is 1. The molecular weight excluding hydrogens is 424 g/mol. The predicted molar refractivity (Wildman–Crippen MR) is 118 cm³/mol. The van der Waals surface area contributed by atoms with Crippen LogP contribution in [0.3, 0.4) is 0 Å². The minimum atomic E-state index is -3.41. The number of amides is 1. The summed E-state index contributed by atoms with van der Waals surface area (Å²) in [5.41, 5.74) is 1.82. The molecule has 162 valence electrons. The summed E-state index contributed by atoms with van der Waals surface area (Å²) in [7, 11) is -3.41. The predicted octanol–water partition coefficient (Wildman–Crippen LogP) is 3.39. The number of benzene rings is 2. The van der Waals surface area contributed by atoms with Gasteiger partial charge in [0.25, 0.3) is 0 Å². The first-order valence-electron chi connectivity index (χ1n) is 10.0. The second-order valence-electron chi connectivity index (χ2n) is 7.51. The fourth-order valence-electron chi connectivity index (χ4n) is 3.47. The Hall–Kier alpha value is -2.09. The van der Waals surface area contributed by atoms with Gasteiger partial charge in [-0.25, -0.2) is 12.7 Å². The lowest BCUT2D eigenvalue weighted by Crippen LogP contribution is -2.43. The molecule has 1 aliphatic rings. The molecule has 2 aromatic carbocycles. The van der Waals surface area contributed by atoms with Crippen LogP contribution >= 0.6 is 11.6 Å². The first-order chi connectivity index (χ1) is 14.3. The number of piperidine rings is 1. The van der Waals surface area contributed by atoms with Crippen LogP contribution in [0.2, 0.25) is 5.02 Å². The molecule has 0 aromatic heterocycles. The van der Waals surface area contributed by atoms with E-state index in [1.165, 1.54) is 4.31 Å². The van der Waals surface area contributed by atoms with Crippen molar-refractivity contribution in [2.45, 2.75) is 25.5 Å². The summed E-state index contributed by atoms with van der Waals surface area (Å²) in [6, 6.07) is 14.6. The van der Waals surface area contributed by atoms with Gasteiger partial charge in [0.15, 0.2) is 0 Å². The van der Waals surface area contributed by atoms with E-state index in [1.54, 1.807) is 24.3 Å². The largest absolute Gasteiger partial charge is 0.492 e. The van der Waals surface area contributed by atoms with Crippen molar-refractivity contribution in [2.24, 2.45) is 5.92 Å². The number of nitrogens with one attached hydrogen (secondary N) is 1. The summed E-state index contributed by atoms with van der Waals surface area (Å²) in [6.45, 7) is 3.52. The molecule has 0 saturated carbocycles. The van der Waals surface area contributed by atoms with Crippen LogP contribution < -0.4 is 10.1 Å².